The summed E-state index contributed by atoms with van der Waals surface area (Å²) in [5.41, 5.74) is 1.47. The topological polar surface area (TPSA) is 93.9 Å². The molecule has 0 aliphatic carbocycles. The van der Waals surface area contributed by atoms with E-state index in [0.29, 0.717) is 18.8 Å². The number of hydrogen-bond acceptors (Lipinski definition) is 6. The Bertz CT molecular complexity index is 876. The Balaban J connectivity index is 1.85. The van der Waals surface area contributed by atoms with E-state index < -0.39 is 10.8 Å². The zero-order valence-corrected chi connectivity index (χ0v) is 16.0. The number of nitro groups is 1. The lowest BCUT2D eigenvalue weighted by atomic mass is 10.1. The summed E-state index contributed by atoms with van der Waals surface area (Å²) < 4.78 is 10.8. The SMILES string of the molecule is COc1ccc(C(=O)Nc2ccccc2N2CC(C)OC(C)C2)cc1[N+](=O)[O-]. The van der Waals surface area contributed by atoms with Crippen molar-refractivity contribution in [1.29, 1.82) is 0 Å². The van der Waals surface area contributed by atoms with Crippen molar-refractivity contribution in [3.8, 4) is 5.75 Å². The third-order valence-corrected chi connectivity index (χ3v) is 4.55. The summed E-state index contributed by atoms with van der Waals surface area (Å²) in [6.07, 6.45) is 0.161. The summed E-state index contributed by atoms with van der Waals surface area (Å²) in [6.45, 7) is 5.46. The van der Waals surface area contributed by atoms with Gasteiger partial charge >= 0.3 is 5.69 Å². The van der Waals surface area contributed by atoms with Crippen molar-refractivity contribution in [2.45, 2.75) is 26.1 Å². The van der Waals surface area contributed by atoms with E-state index in [4.69, 9.17) is 9.47 Å². The molecule has 2 atom stereocenters. The number of nitro benzene ring substituents is 1. The van der Waals surface area contributed by atoms with Crippen molar-refractivity contribution in [1.82, 2.24) is 0 Å². The molecule has 8 nitrogen and oxygen atoms in total. The van der Waals surface area contributed by atoms with Crippen molar-refractivity contribution in [3.05, 3.63) is 58.1 Å². The van der Waals surface area contributed by atoms with E-state index in [1.807, 2.05) is 38.1 Å². The van der Waals surface area contributed by atoms with Gasteiger partial charge in [0, 0.05) is 24.7 Å². The Hall–Kier alpha value is -3.13. The maximum Gasteiger partial charge on any atom is 0.311 e. The molecular formula is C20H23N3O5. The van der Waals surface area contributed by atoms with Gasteiger partial charge in [-0.1, -0.05) is 12.1 Å². The van der Waals surface area contributed by atoms with Crippen LogP contribution >= 0.6 is 0 Å². The molecule has 0 saturated carbocycles. The summed E-state index contributed by atoms with van der Waals surface area (Å²) >= 11 is 0. The number of morpholine rings is 1. The number of hydrogen-bond donors (Lipinski definition) is 1. The normalized spacial score (nSPS) is 19.2. The van der Waals surface area contributed by atoms with E-state index in [1.165, 1.54) is 25.3 Å². The Morgan fingerprint density at radius 1 is 1.21 bits per heavy atom. The van der Waals surface area contributed by atoms with Crippen LogP contribution in [-0.2, 0) is 4.74 Å². The highest BCUT2D eigenvalue weighted by Gasteiger charge is 2.25. The zero-order chi connectivity index (χ0) is 20.3. The lowest BCUT2D eigenvalue weighted by Gasteiger charge is -2.37. The molecule has 1 aliphatic heterocycles. The fraction of sp³-hybridized carbons (Fsp3) is 0.350. The molecule has 1 aliphatic rings. The van der Waals surface area contributed by atoms with E-state index in [0.717, 1.165) is 5.69 Å². The highest BCUT2D eigenvalue weighted by atomic mass is 16.6. The number of para-hydroxylation sites is 2. The van der Waals surface area contributed by atoms with Crippen LogP contribution in [0.3, 0.4) is 0 Å². The van der Waals surface area contributed by atoms with Gasteiger partial charge in [-0.05, 0) is 38.1 Å². The zero-order valence-electron chi connectivity index (χ0n) is 16.0. The highest BCUT2D eigenvalue weighted by molar-refractivity contribution is 6.06. The second-order valence-corrected chi connectivity index (χ2v) is 6.78. The van der Waals surface area contributed by atoms with Gasteiger partial charge in [-0.25, -0.2) is 0 Å². The van der Waals surface area contributed by atoms with Crippen molar-refractivity contribution < 1.29 is 19.2 Å². The highest BCUT2D eigenvalue weighted by Crippen LogP contribution is 2.31. The Morgan fingerprint density at radius 2 is 1.89 bits per heavy atom. The first-order chi connectivity index (χ1) is 13.4. The third-order valence-electron chi connectivity index (χ3n) is 4.55. The van der Waals surface area contributed by atoms with E-state index in [-0.39, 0.29) is 29.2 Å². The third kappa shape index (κ3) is 4.23. The Morgan fingerprint density at radius 3 is 2.54 bits per heavy atom. The first kappa shape index (κ1) is 19.6. The lowest BCUT2D eigenvalue weighted by molar-refractivity contribution is -0.385. The minimum atomic E-state index is -0.569. The smallest absolute Gasteiger partial charge is 0.311 e. The molecule has 0 bridgehead atoms. The average Bonchev–Trinajstić information content (AvgIpc) is 2.67. The molecule has 0 radical (unpaired) electrons. The number of nitrogens with zero attached hydrogens (tertiary/aromatic N) is 2. The number of amides is 1. The van der Waals surface area contributed by atoms with Gasteiger partial charge in [0.2, 0.25) is 0 Å². The molecule has 28 heavy (non-hydrogen) atoms. The molecule has 1 heterocycles. The van der Waals surface area contributed by atoms with Gasteiger partial charge in [0.1, 0.15) is 0 Å². The molecular weight excluding hydrogens is 362 g/mol. The lowest BCUT2D eigenvalue weighted by Crippen LogP contribution is -2.45. The molecule has 0 aromatic heterocycles. The van der Waals surface area contributed by atoms with E-state index >= 15 is 0 Å². The fourth-order valence-electron chi connectivity index (χ4n) is 3.40. The number of carbonyl (C=O) groups is 1. The number of ether oxygens (including phenoxy) is 2. The minimum Gasteiger partial charge on any atom is -0.490 e. The number of benzene rings is 2. The molecule has 2 aromatic rings. The first-order valence-electron chi connectivity index (χ1n) is 9.02. The molecule has 1 amide bonds. The maximum absolute atomic E-state index is 12.7. The quantitative estimate of drug-likeness (QED) is 0.626. The van der Waals surface area contributed by atoms with Crippen molar-refractivity contribution in [2.75, 3.05) is 30.4 Å². The maximum atomic E-state index is 12.7. The van der Waals surface area contributed by atoms with Crippen LogP contribution in [0.1, 0.15) is 24.2 Å². The predicted molar refractivity (Wildman–Crippen MR) is 106 cm³/mol. The fourth-order valence-corrected chi connectivity index (χ4v) is 3.40. The molecule has 1 saturated heterocycles. The molecule has 1 N–H and O–H groups in total. The van der Waals surface area contributed by atoms with Crippen LogP contribution in [0.4, 0.5) is 17.1 Å². The second-order valence-electron chi connectivity index (χ2n) is 6.78. The van der Waals surface area contributed by atoms with Crippen LogP contribution in [-0.4, -0.2) is 43.2 Å². The van der Waals surface area contributed by atoms with Gasteiger partial charge in [-0.15, -0.1) is 0 Å². The van der Waals surface area contributed by atoms with Crippen LogP contribution < -0.4 is 15.0 Å². The molecule has 1 fully saturated rings. The first-order valence-corrected chi connectivity index (χ1v) is 9.02. The number of anilines is 2. The van der Waals surface area contributed by atoms with E-state index in [1.54, 1.807) is 0 Å². The van der Waals surface area contributed by atoms with Gasteiger partial charge in [-0.3, -0.25) is 14.9 Å². The van der Waals surface area contributed by atoms with E-state index in [2.05, 4.69) is 10.2 Å². The van der Waals surface area contributed by atoms with Crippen LogP contribution in [0, 0.1) is 10.1 Å². The number of carbonyl (C=O) groups excluding carboxylic acids is 1. The predicted octanol–water partition coefficient (Wildman–Crippen LogP) is 3.47. The summed E-state index contributed by atoms with van der Waals surface area (Å²) in [4.78, 5) is 25.5. The Kier molecular flexibility index (Phi) is 5.79. The molecule has 2 aromatic carbocycles. The van der Waals surface area contributed by atoms with Crippen LogP contribution in [0.25, 0.3) is 0 Å². The van der Waals surface area contributed by atoms with Crippen molar-refractivity contribution in [3.63, 3.8) is 0 Å². The molecule has 8 heteroatoms. The molecule has 148 valence electrons. The molecule has 2 unspecified atom stereocenters. The van der Waals surface area contributed by atoms with Crippen LogP contribution in [0.15, 0.2) is 42.5 Å². The van der Waals surface area contributed by atoms with Crippen molar-refractivity contribution >= 4 is 23.0 Å². The van der Waals surface area contributed by atoms with E-state index in [9.17, 15) is 14.9 Å². The number of methoxy groups -OCH3 is 1. The van der Waals surface area contributed by atoms with Gasteiger partial charge in [-0.2, -0.15) is 0 Å². The van der Waals surface area contributed by atoms with Gasteiger partial charge in [0.15, 0.2) is 5.75 Å². The molecule has 3 rings (SSSR count). The number of nitrogens with one attached hydrogen (secondary N) is 1. The summed E-state index contributed by atoms with van der Waals surface area (Å²) in [6, 6.07) is 11.6. The number of rotatable bonds is 5. The van der Waals surface area contributed by atoms with Crippen LogP contribution in [0.2, 0.25) is 0 Å². The Labute approximate surface area is 163 Å². The average molecular weight is 385 g/mol. The largest absolute Gasteiger partial charge is 0.490 e. The summed E-state index contributed by atoms with van der Waals surface area (Å²) in [5, 5.41) is 14.1. The van der Waals surface area contributed by atoms with Crippen LogP contribution in [0.5, 0.6) is 5.75 Å². The standard InChI is InChI=1S/C20H23N3O5/c1-13-11-22(12-14(2)28-13)17-7-5-4-6-16(17)21-20(24)15-8-9-19(27-3)18(10-15)23(25)26/h4-10,13-14H,11-12H2,1-3H3,(H,21,24). The summed E-state index contributed by atoms with van der Waals surface area (Å²) in [5.74, 6) is -0.314. The molecule has 0 spiro atoms. The summed E-state index contributed by atoms with van der Waals surface area (Å²) in [7, 11) is 1.35. The van der Waals surface area contributed by atoms with Crippen molar-refractivity contribution in [2.24, 2.45) is 0 Å². The minimum absolute atomic E-state index is 0.0803. The monoisotopic (exact) mass is 385 g/mol. The van der Waals surface area contributed by atoms with Gasteiger partial charge < -0.3 is 19.7 Å². The second kappa shape index (κ2) is 8.26. The van der Waals surface area contributed by atoms with Gasteiger partial charge in [0.25, 0.3) is 5.91 Å². The van der Waals surface area contributed by atoms with Gasteiger partial charge in [0.05, 0.1) is 35.6 Å².